The molecule has 0 amide bonds. The van der Waals surface area contributed by atoms with E-state index in [1.807, 2.05) is 13.0 Å². The van der Waals surface area contributed by atoms with Gasteiger partial charge in [0.05, 0.1) is 11.8 Å². The van der Waals surface area contributed by atoms with Gasteiger partial charge in [0.1, 0.15) is 4.90 Å². The highest BCUT2D eigenvalue weighted by molar-refractivity contribution is 7.89. The van der Waals surface area contributed by atoms with E-state index in [0.29, 0.717) is 17.1 Å². The van der Waals surface area contributed by atoms with Crippen LogP contribution in [0.15, 0.2) is 29.2 Å². The van der Waals surface area contributed by atoms with E-state index in [4.69, 9.17) is 0 Å². The van der Waals surface area contributed by atoms with E-state index in [9.17, 15) is 13.5 Å². The Balaban J connectivity index is 2.13. The zero-order valence-electron chi connectivity index (χ0n) is 12.4. The highest BCUT2D eigenvalue weighted by Crippen LogP contribution is 2.26. The lowest BCUT2D eigenvalue weighted by Crippen LogP contribution is -2.30. The van der Waals surface area contributed by atoms with Gasteiger partial charge in [-0.1, -0.05) is 19.1 Å². The first-order valence-corrected chi connectivity index (χ1v) is 9.04. The molecule has 21 heavy (non-hydrogen) atoms. The van der Waals surface area contributed by atoms with Crippen molar-refractivity contribution < 1.29 is 13.5 Å². The maximum Gasteiger partial charge on any atom is 0.242 e. The predicted molar refractivity (Wildman–Crippen MR) is 83.8 cm³/mol. The molecule has 3 N–H and O–H groups in total. The van der Waals surface area contributed by atoms with Crippen LogP contribution < -0.4 is 10.0 Å². The molecule has 0 bridgehead atoms. The molecule has 5 nitrogen and oxygen atoms in total. The van der Waals surface area contributed by atoms with Gasteiger partial charge in [0.2, 0.25) is 10.0 Å². The summed E-state index contributed by atoms with van der Waals surface area (Å²) in [6, 6.07) is 7.20. The number of aliphatic hydroxyl groups excluding tert-OH is 1. The fraction of sp³-hybridized carbons (Fsp3) is 0.600. The van der Waals surface area contributed by atoms with Gasteiger partial charge < -0.3 is 10.4 Å². The number of sulfonamides is 1. The topological polar surface area (TPSA) is 78.4 Å². The first-order chi connectivity index (χ1) is 10.0. The second-order valence-corrected chi connectivity index (χ2v) is 7.28. The molecule has 0 atom stereocenters. The lowest BCUT2D eigenvalue weighted by molar-refractivity contribution is 0.126. The maximum absolute atomic E-state index is 12.3. The standard InChI is InChI=1S/C15H24N2O3S/c1-2-11-16-21(19,20)15-6-4-3-5-14(15)17-12-7-9-13(18)10-8-12/h3-6,12-13,16-18H,2,7-11H2,1H3. The Kier molecular flexibility index (Phi) is 5.61. The molecule has 1 fully saturated rings. The third-order valence-corrected chi connectivity index (χ3v) is 5.29. The molecule has 1 saturated carbocycles. The Bertz CT molecular complexity index is 552. The minimum atomic E-state index is -3.48. The van der Waals surface area contributed by atoms with E-state index in [2.05, 4.69) is 10.0 Å². The molecule has 0 saturated heterocycles. The number of anilines is 1. The number of hydrogen-bond donors (Lipinski definition) is 3. The normalized spacial score (nSPS) is 23.0. The van der Waals surface area contributed by atoms with Gasteiger partial charge >= 0.3 is 0 Å². The molecule has 1 aliphatic carbocycles. The lowest BCUT2D eigenvalue weighted by atomic mass is 9.93. The fourth-order valence-corrected chi connectivity index (χ4v) is 3.88. The second kappa shape index (κ2) is 7.24. The summed E-state index contributed by atoms with van der Waals surface area (Å²) in [6.45, 7) is 2.37. The quantitative estimate of drug-likeness (QED) is 0.751. The van der Waals surface area contributed by atoms with Crippen molar-refractivity contribution in [2.75, 3.05) is 11.9 Å². The van der Waals surface area contributed by atoms with Crippen LogP contribution in [0.25, 0.3) is 0 Å². The Morgan fingerprint density at radius 2 is 1.86 bits per heavy atom. The number of rotatable bonds is 6. The van der Waals surface area contributed by atoms with Crippen molar-refractivity contribution in [3.05, 3.63) is 24.3 Å². The summed E-state index contributed by atoms with van der Waals surface area (Å²) < 4.78 is 27.2. The summed E-state index contributed by atoms with van der Waals surface area (Å²) in [7, 11) is -3.48. The summed E-state index contributed by atoms with van der Waals surface area (Å²) in [5, 5.41) is 12.9. The molecule has 118 valence electrons. The van der Waals surface area contributed by atoms with Gasteiger partial charge in [0, 0.05) is 12.6 Å². The van der Waals surface area contributed by atoms with Gasteiger partial charge in [-0.3, -0.25) is 0 Å². The van der Waals surface area contributed by atoms with Gasteiger partial charge in [-0.2, -0.15) is 0 Å². The van der Waals surface area contributed by atoms with Crippen LogP contribution in [0.4, 0.5) is 5.69 Å². The second-order valence-electron chi connectivity index (χ2n) is 5.54. The molecule has 6 heteroatoms. The lowest BCUT2D eigenvalue weighted by Gasteiger charge is -2.27. The average molecular weight is 312 g/mol. The summed E-state index contributed by atoms with van der Waals surface area (Å²) >= 11 is 0. The third kappa shape index (κ3) is 4.43. The Labute approximate surface area is 126 Å². The van der Waals surface area contributed by atoms with Crippen molar-refractivity contribution in [1.82, 2.24) is 4.72 Å². The van der Waals surface area contributed by atoms with E-state index in [1.54, 1.807) is 18.2 Å². The zero-order valence-corrected chi connectivity index (χ0v) is 13.2. The van der Waals surface area contributed by atoms with Crippen molar-refractivity contribution in [2.45, 2.75) is 56.1 Å². The number of para-hydroxylation sites is 1. The smallest absolute Gasteiger partial charge is 0.242 e. The average Bonchev–Trinajstić information content (AvgIpc) is 2.48. The van der Waals surface area contributed by atoms with Crippen molar-refractivity contribution in [3.8, 4) is 0 Å². The van der Waals surface area contributed by atoms with Crippen LogP contribution in [0.3, 0.4) is 0 Å². The molecule has 0 unspecified atom stereocenters. The third-order valence-electron chi connectivity index (χ3n) is 3.77. The van der Waals surface area contributed by atoms with Crippen LogP contribution in [-0.4, -0.2) is 32.2 Å². The van der Waals surface area contributed by atoms with Gasteiger partial charge in [-0.15, -0.1) is 0 Å². The molecule has 1 aromatic rings. The fourth-order valence-electron chi connectivity index (χ4n) is 2.57. The molecular weight excluding hydrogens is 288 g/mol. The molecule has 0 aliphatic heterocycles. The van der Waals surface area contributed by atoms with E-state index < -0.39 is 10.0 Å². The first-order valence-electron chi connectivity index (χ1n) is 7.56. The monoisotopic (exact) mass is 312 g/mol. The van der Waals surface area contributed by atoms with Crippen molar-refractivity contribution >= 4 is 15.7 Å². The van der Waals surface area contributed by atoms with E-state index in [1.165, 1.54) is 0 Å². The largest absolute Gasteiger partial charge is 0.393 e. The summed E-state index contributed by atoms with van der Waals surface area (Å²) in [6.07, 6.45) is 3.79. The van der Waals surface area contributed by atoms with Crippen LogP contribution in [-0.2, 0) is 10.0 Å². The highest BCUT2D eigenvalue weighted by atomic mass is 32.2. The van der Waals surface area contributed by atoms with Crippen molar-refractivity contribution in [1.29, 1.82) is 0 Å². The Morgan fingerprint density at radius 1 is 1.19 bits per heavy atom. The summed E-state index contributed by atoms with van der Waals surface area (Å²) in [5.41, 5.74) is 0.641. The molecular formula is C15H24N2O3S. The highest BCUT2D eigenvalue weighted by Gasteiger charge is 2.22. The Hall–Kier alpha value is -1.11. The molecule has 0 heterocycles. The van der Waals surface area contributed by atoms with Gasteiger partial charge in [-0.25, -0.2) is 13.1 Å². The zero-order chi connectivity index (χ0) is 15.3. The summed E-state index contributed by atoms with van der Waals surface area (Å²) in [5.74, 6) is 0. The maximum atomic E-state index is 12.3. The van der Waals surface area contributed by atoms with Crippen molar-refractivity contribution in [2.24, 2.45) is 0 Å². The van der Waals surface area contributed by atoms with Crippen LogP contribution in [0, 0.1) is 0 Å². The van der Waals surface area contributed by atoms with Gasteiger partial charge in [0.25, 0.3) is 0 Å². The SMILES string of the molecule is CCCNS(=O)(=O)c1ccccc1NC1CCC(O)CC1. The number of benzene rings is 1. The molecule has 0 aromatic heterocycles. The number of aliphatic hydroxyl groups is 1. The van der Waals surface area contributed by atoms with Crippen LogP contribution >= 0.6 is 0 Å². The van der Waals surface area contributed by atoms with Gasteiger partial charge in [-0.05, 0) is 44.2 Å². The molecule has 0 radical (unpaired) electrons. The van der Waals surface area contributed by atoms with Crippen LogP contribution in [0.2, 0.25) is 0 Å². The number of nitrogens with one attached hydrogen (secondary N) is 2. The predicted octanol–water partition coefficient (Wildman–Crippen LogP) is 2.09. The molecule has 0 spiro atoms. The Morgan fingerprint density at radius 3 is 2.52 bits per heavy atom. The molecule has 1 aromatic carbocycles. The van der Waals surface area contributed by atoms with Crippen molar-refractivity contribution in [3.63, 3.8) is 0 Å². The van der Waals surface area contributed by atoms with E-state index in [0.717, 1.165) is 32.1 Å². The minimum absolute atomic E-state index is 0.215. The number of hydrogen-bond acceptors (Lipinski definition) is 4. The molecule has 1 aliphatic rings. The summed E-state index contributed by atoms with van der Waals surface area (Å²) in [4.78, 5) is 0.296. The van der Waals surface area contributed by atoms with E-state index in [-0.39, 0.29) is 12.1 Å². The molecule has 2 rings (SSSR count). The first kappa shape index (κ1) is 16.3. The minimum Gasteiger partial charge on any atom is -0.393 e. The van der Waals surface area contributed by atoms with E-state index >= 15 is 0 Å². The van der Waals surface area contributed by atoms with Gasteiger partial charge in [0.15, 0.2) is 0 Å². The van der Waals surface area contributed by atoms with Crippen LogP contribution in [0.5, 0.6) is 0 Å². The van der Waals surface area contributed by atoms with Crippen LogP contribution in [0.1, 0.15) is 39.0 Å².